The van der Waals surface area contributed by atoms with Crippen molar-refractivity contribution >= 4 is 11.6 Å². The first-order chi connectivity index (χ1) is 12.7. The second-order valence-corrected chi connectivity index (χ2v) is 8.82. The molecule has 1 fully saturated rings. The predicted octanol–water partition coefficient (Wildman–Crippen LogP) is 3.77. The molecule has 0 atom stereocenters. The highest BCUT2D eigenvalue weighted by Crippen LogP contribution is 2.46. The number of phenolic OH excluding ortho intramolecular Hbond substituents is 1. The molecule has 1 saturated carbocycles. The van der Waals surface area contributed by atoms with E-state index >= 15 is 0 Å². The van der Waals surface area contributed by atoms with Gasteiger partial charge in [0.1, 0.15) is 11.3 Å². The lowest BCUT2D eigenvalue weighted by atomic mass is 9.67. The molecule has 0 bridgehead atoms. The molecule has 27 heavy (non-hydrogen) atoms. The van der Waals surface area contributed by atoms with Crippen LogP contribution in [0.15, 0.2) is 23.4 Å². The minimum Gasteiger partial charge on any atom is -0.504 e. The molecular formula is C21H30N2O4. The highest BCUT2D eigenvalue weighted by molar-refractivity contribution is 6.39. The van der Waals surface area contributed by atoms with E-state index in [1.807, 2.05) is 0 Å². The van der Waals surface area contributed by atoms with Gasteiger partial charge in [0.25, 0.3) is 5.91 Å². The highest BCUT2D eigenvalue weighted by atomic mass is 16.7. The van der Waals surface area contributed by atoms with Crippen LogP contribution >= 0.6 is 0 Å². The molecule has 0 unspecified atom stereocenters. The highest BCUT2D eigenvalue weighted by Gasteiger charge is 2.45. The number of benzene rings is 1. The van der Waals surface area contributed by atoms with E-state index in [0.29, 0.717) is 35.8 Å². The molecule has 2 N–H and O–H groups in total. The van der Waals surface area contributed by atoms with Gasteiger partial charge in [-0.05, 0) is 54.7 Å². The number of oxime groups is 1. The third kappa shape index (κ3) is 4.37. The lowest BCUT2D eigenvalue weighted by molar-refractivity contribution is -0.115. The van der Waals surface area contributed by atoms with E-state index in [2.05, 4.69) is 31.2 Å². The van der Waals surface area contributed by atoms with Crippen molar-refractivity contribution in [2.75, 3.05) is 7.11 Å². The molecule has 1 spiro atoms. The van der Waals surface area contributed by atoms with Crippen LogP contribution in [0.5, 0.6) is 11.5 Å². The zero-order valence-corrected chi connectivity index (χ0v) is 16.7. The lowest BCUT2D eigenvalue weighted by Gasteiger charge is -2.40. The maximum Gasteiger partial charge on any atom is 0.269 e. The van der Waals surface area contributed by atoms with E-state index in [9.17, 15) is 9.90 Å². The average molecular weight is 374 g/mol. The topological polar surface area (TPSA) is 80.2 Å². The number of rotatable bonds is 4. The van der Waals surface area contributed by atoms with Gasteiger partial charge in [0, 0.05) is 13.0 Å². The van der Waals surface area contributed by atoms with Crippen molar-refractivity contribution < 1.29 is 19.5 Å². The standard InChI is InChI=1S/C21H30N2O4/c1-20(2,3)15-7-9-21(10-8-15)12-16(23-27-21)19(25)22-13-14-5-6-17(24)18(11-14)26-4/h5-6,11,15,24H,7-10,12-13H2,1-4H3,(H,22,25)/t15-,21+. The van der Waals surface area contributed by atoms with E-state index in [1.165, 1.54) is 7.11 Å². The minimum absolute atomic E-state index is 0.0777. The average Bonchev–Trinajstić information content (AvgIpc) is 3.04. The zero-order chi connectivity index (χ0) is 19.7. The SMILES string of the molecule is COc1cc(CNC(=O)C2=NO[C@]3(CC[C@@H](C(C)(C)C)CC3)C2)ccc1O. The van der Waals surface area contributed by atoms with Gasteiger partial charge >= 0.3 is 0 Å². The van der Waals surface area contributed by atoms with E-state index in [-0.39, 0.29) is 17.3 Å². The summed E-state index contributed by atoms with van der Waals surface area (Å²) in [4.78, 5) is 18.2. The Bertz CT molecular complexity index is 728. The lowest BCUT2D eigenvalue weighted by Crippen LogP contribution is -2.39. The summed E-state index contributed by atoms with van der Waals surface area (Å²) in [5.74, 6) is 0.956. The third-order valence-electron chi connectivity index (χ3n) is 5.92. The number of hydrogen-bond acceptors (Lipinski definition) is 5. The zero-order valence-electron chi connectivity index (χ0n) is 16.7. The number of aromatic hydroxyl groups is 1. The maximum atomic E-state index is 12.5. The fourth-order valence-corrected chi connectivity index (χ4v) is 4.04. The summed E-state index contributed by atoms with van der Waals surface area (Å²) in [6.45, 7) is 7.21. The molecule has 6 heteroatoms. The Morgan fingerprint density at radius 1 is 1.37 bits per heavy atom. The normalized spacial score (nSPS) is 25.0. The fraction of sp³-hybridized carbons (Fsp3) is 0.619. The van der Waals surface area contributed by atoms with Gasteiger partial charge < -0.3 is 20.0 Å². The van der Waals surface area contributed by atoms with Crippen molar-refractivity contribution in [3.63, 3.8) is 0 Å². The Balaban J connectivity index is 1.52. The molecule has 2 aliphatic rings. The summed E-state index contributed by atoms with van der Waals surface area (Å²) >= 11 is 0. The van der Waals surface area contributed by atoms with Gasteiger partial charge in [-0.25, -0.2) is 0 Å². The van der Waals surface area contributed by atoms with Crippen LogP contribution in [-0.4, -0.2) is 29.4 Å². The van der Waals surface area contributed by atoms with Crippen molar-refractivity contribution in [3.05, 3.63) is 23.8 Å². The van der Waals surface area contributed by atoms with E-state index < -0.39 is 0 Å². The number of methoxy groups -OCH3 is 1. The third-order valence-corrected chi connectivity index (χ3v) is 5.92. The summed E-state index contributed by atoms with van der Waals surface area (Å²) in [6, 6.07) is 5.01. The molecule has 1 aromatic rings. The molecule has 0 aromatic heterocycles. The Kier molecular flexibility index (Phi) is 5.36. The van der Waals surface area contributed by atoms with Crippen molar-refractivity contribution in [2.45, 2.75) is 65.0 Å². The Hall–Kier alpha value is -2.24. The summed E-state index contributed by atoms with van der Waals surface area (Å²) in [5.41, 5.74) is 1.33. The van der Waals surface area contributed by atoms with E-state index in [1.54, 1.807) is 18.2 Å². The summed E-state index contributed by atoms with van der Waals surface area (Å²) in [5, 5.41) is 16.6. The minimum atomic E-state index is -0.295. The number of phenols is 1. The van der Waals surface area contributed by atoms with Gasteiger partial charge in [-0.15, -0.1) is 0 Å². The van der Waals surface area contributed by atoms with Crippen LogP contribution in [0.4, 0.5) is 0 Å². The molecule has 3 rings (SSSR count). The second kappa shape index (κ2) is 7.41. The van der Waals surface area contributed by atoms with E-state index in [0.717, 1.165) is 31.2 Å². The molecule has 0 saturated heterocycles. The van der Waals surface area contributed by atoms with Gasteiger partial charge in [-0.1, -0.05) is 32.0 Å². The molecule has 1 amide bonds. The van der Waals surface area contributed by atoms with Gasteiger partial charge in [0.05, 0.1) is 7.11 Å². The first-order valence-electron chi connectivity index (χ1n) is 9.61. The molecule has 148 valence electrons. The first-order valence-corrected chi connectivity index (χ1v) is 9.61. The maximum absolute atomic E-state index is 12.5. The van der Waals surface area contributed by atoms with Crippen molar-refractivity contribution in [1.29, 1.82) is 0 Å². The van der Waals surface area contributed by atoms with Crippen LogP contribution in [0.2, 0.25) is 0 Å². The van der Waals surface area contributed by atoms with Crippen LogP contribution in [0, 0.1) is 11.3 Å². The number of hydrogen-bond donors (Lipinski definition) is 2. The van der Waals surface area contributed by atoms with E-state index in [4.69, 9.17) is 9.57 Å². The van der Waals surface area contributed by atoms with Gasteiger partial charge in [0.15, 0.2) is 11.5 Å². The van der Waals surface area contributed by atoms with Crippen LogP contribution in [0.1, 0.15) is 58.4 Å². The van der Waals surface area contributed by atoms with Crippen LogP contribution in [-0.2, 0) is 16.2 Å². The van der Waals surface area contributed by atoms with Crippen molar-refractivity contribution in [3.8, 4) is 11.5 Å². The monoisotopic (exact) mass is 374 g/mol. The Morgan fingerprint density at radius 2 is 2.07 bits per heavy atom. The number of carbonyl (C=O) groups excluding carboxylic acids is 1. The van der Waals surface area contributed by atoms with Crippen LogP contribution < -0.4 is 10.1 Å². The van der Waals surface area contributed by atoms with Gasteiger partial charge in [-0.2, -0.15) is 0 Å². The smallest absolute Gasteiger partial charge is 0.269 e. The Labute approximate surface area is 160 Å². The summed E-state index contributed by atoms with van der Waals surface area (Å²) in [7, 11) is 1.50. The number of ether oxygens (including phenoxy) is 1. The van der Waals surface area contributed by atoms with Gasteiger partial charge in [0.2, 0.25) is 0 Å². The van der Waals surface area contributed by atoms with Crippen molar-refractivity contribution in [2.24, 2.45) is 16.5 Å². The molecule has 6 nitrogen and oxygen atoms in total. The predicted molar refractivity (Wildman–Crippen MR) is 104 cm³/mol. The summed E-state index contributed by atoms with van der Waals surface area (Å²) in [6.07, 6.45) is 4.70. The number of amides is 1. The van der Waals surface area contributed by atoms with Crippen LogP contribution in [0.3, 0.4) is 0 Å². The summed E-state index contributed by atoms with van der Waals surface area (Å²) < 4.78 is 5.09. The molecule has 1 aliphatic carbocycles. The van der Waals surface area contributed by atoms with Crippen molar-refractivity contribution in [1.82, 2.24) is 5.32 Å². The molecule has 1 heterocycles. The number of carbonyl (C=O) groups is 1. The van der Waals surface area contributed by atoms with Crippen LogP contribution in [0.25, 0.3) is 0 Å². The Morgan fingerprint density at radius 3 is 2.70 bits per heavy atom. The molecule has 0 radical (unpaired) electrons. The number of nitrogens with one attached hydrogen (secondary N) is 1. The van der Waals surface area contributed by atoms with Gasteiger partial charge in [-0.3, -0.25) is 4.79 Å². The quantitative estimate of drug-likeness (QED) is 0.841. The second-order valence-electron chi connectivity index (χ2n) is 8.82. The molecule has 1 aliphatic heterocycles. The largest absolute Gasteiger partial charge is 0.504 e. The molecule has 1 aromatic carbocycles. The molecular weight excluding hydrogens is 344 g/mol. The fourth-order valence-electron chi connectivity index (χ4n) is 4.04. The first kappa shape index (κ1) is 19.5. The number of nitrogens with zero attached hydrogens (tertiary/aromatic N) is 1.